The Morgan fingerprint density at radius 1 is 0.840 bits per heavy atom. The standard InChI is InChI=1S/C19H19ClN2O3/c20-16-9-7-15(8-10-16)18(23)21-11-4-12-22(14-13-21)19(24)25-17-5-2-1-3-6-17/h1-3,5-10H,4,11-14H2. The Morgan fingerprint density at radius 3 is 2.20 bits per heavy atom. The summed E-state index contributed by atoms with van der Waals surface area (Å²) in [4.78, 5) is 28.3. The molecule has 5 nitrogen and oxygen atoms in total. The molecule has 0 saturated carbocycles. The molecule has 130 valence electrons. The van der Waals surface area contributed by atoms with Crippen molar-refractivity contribution in [3.8, 4) is 5.75 Å². The maximum atomic E-state index is 12.6. The predicted octanol–water partition coefficient (Wildman–Crippen LogP) is 3.69. The van der Waals surface area contributed by atoms with Gasteiger partial charge in [0.1, 0.15) is 5.75 Å². The molecule has 2 aromatic carbocycles. The van der Waals surface area contributed by atoms with E-state index < -0.39 is 0 Å². The van der Waals surface area contributed by atoms with Gasteiger partial charge in [-0.1, -0.05) is 29.8 Å². The largest absolute Gasteiger partial charge is 0.415 e. The summed E-state index contributed by atoms with van der Waals surface area (Å²) in [7, 11) is 0. The highest BCUT2D eigenvalue weighted by Crippen LogP contribution is 2.15. The molecule has 0 bridgehead atoms. The van der Waals surface area contributed by atoms with Crippen molar-refractivity contribution < 1.29 is 14.3 Å². The van der Waals surface area contributed by atoms with Crippen molar-refractivity contribution >= 4 is 23.6 Å². The molecule has 0 aliphatic carbocycles. The lowest BCUT2D eigenvalue weighted by Gasteiger charge is -2.22. The minimum absolute atomic E-state index is 0.0463. The zero-order valence-electron chi connectivity index (χ0n) is 13.7. The van der Waals surface area contributed by atoms with Gasteiger partial charge in [0.25, 0.3) is 5.91 Å². The van der Waals surface area contributed by atoms with E-state index in [1.54, 1.807) is 46.2 Å². The van der Waals surface area contributed by atoms with Crippen LogP contribution in [0.3, 0.4) is 0 Å². The van der Waals surface area contributed by atoms with Gasteiger partial charge in [0.2, 0.25) is 0 Å². The van der Waals surface area contributed by atoms with E-state index in [2.05, 4.69) is 0 Å². The topological polar surface area (TPSA) is 49.9 Å². The van der Waals surface area contributed by atoms with Crippen molar-refractivity contribution in [3.05, 3.63) is 65.2 Å². The van der Waals surface area contributed by atoms with Crippen LogP contribution in [0.4, 0.5) is 4.79 Å². The molecular formula is C19H19ClN2O3. The first-order chi connectivity index (χ1) is 12.1. The number of benzene rings is 2. The zero-order valence-corrected chi connectivity index (χ0v) is 14.5. The molecule has 2 aromatic rings. The van der Waals surface area contributed by atoms with Crippen LogP contribution in [0.2, 0.25) is 5.02 Å². The quantitative estimate of drug-likeness (QED) is 0.822. The third-order valence-corrected chi connectivity index (χ3v) is 4.33. The lowest BCUT2D eigenvalue weighted by Crippen LogP contribution is -2.38. The molecule has 2 amide bonds. The number of amides is 2. The van der Waals surface area contributed by atoms with E-state index >= 15 is 0 Å². The van der Waals surface area contributed by atoms with Crippen LogP contribution in [0, 0.1) is 0 Å². The number of hydrogen-bond acceptors (Lipinski definition) is 3. The van der Waals surface area contributed by atoms with Crippen LogP contribution < -0.4 is 4.74 Å². The number of rotatable bonds is 2. The highest BCUT2D eigenvalue weighted by molar-refractivity contribution is 6.30. The molecule has 1 aliphatic rings. The van der Waals surface area contributed by atoms with Crippen LogP contribution in [-0.2, 0) is 0 Å². The first kappa shape index (κ1) is 17.3. The smallest absolute Gasteiger partial charge is 0.410 e. The number of nitrogens with zero attached hydrogens (tertiary/aromatic N) is 2. The second-order valence-corrected chi connectivity index (χ2v) is 6.26. The summed E-state index contributed by atoms with van der Waals surface area (Å²) < 4.78 is 5.37. The van der Waals surface area contributed by atoms with E-state index in [0.29, 0.717) is 48.9 Å². The van der Waals surface area contributed by atoms with Crippen LogP contribution in [0.15, 0.2) is 54.6 Å². The van der Waals surface area contributed by atoms with E-state index in [-0.39, 0.29) is 12.0 Å². The van der Waals surface area contributed by atoms with Crippen LogP contribution in [0.5, 0.6) is 5.75 Å². The van der Waals surface area contributed by atoms with Crippen molar-refractivity contribution in [2.24, 2.45) is 0 Å². The molecule has 1 aliphatic heterocycles. The first-order valence-electron chi connectivity index (χ1n) is 8.20. The van der Waals surface area contributed by atoms with Gasteiger partial charge in [-0.3, -0.25) is 4.79 Å². The van der Waals surface area contributed by atoms with Gasteiger partial charge < -0.3 is 14.5 Å². The molecule has 1 heterocycles. The van der Waals surface area contributed by atoms with E-state index in [1.807, 2.05) is 18.2 Å². The number of ether oxygens (including phenoxy) is 1. The van der Waals surface area contributed by atoms with E-state index in [0.717, 1.165) is 0 Å². The van der Waals surface area contributed by atoms with Crippen LogP contribution in [0.25, 0.3) is 0 Å². The Balaban J connectivity index is 1.59. The highest BCUT2D eigenvalue weighted by atomic mass is 35.5. The Labute approximate surface area is 151 Å². The van der Waals surface area contributed by atoms with Crippen LogP contribution in [0.1, 0.15) is 16.8 Å². The SMILES string of the molecule is O=C(Oc1ccccc1)N1CCCN(C(=O)c2ccc(Cl)cc2)CC1. The molecule has 0 spiro atoms. The zero-order chi connectivity index (χ0) is 17.6. The van der Waals surface area contributed by atoms with Crippen molar-refractivity contribution in [3.63, 3.8) is 0 Å². The molecule has 0 atom stereocenters. The molecular weight excluding hydrogens is 340 g/mol. The molecule has 0 aromatic heterocycles. The summed E-state index contributed by atoms with van der Waals surface area (Å²) in [5.74, 6) is 0.473. The molecule has 0 radical (unpaired) electrons. The van der Waals surface area contributed by atoms with Crippen LogP contribution in [-0.4, -0.2) is 48.0 Å². The van der Waals surface area contributed by atoms with Crippen molar-refractivity contribution in [2.75, 3.05) is 26.2 Å². The summed E-state index contributed by atoms with van der Waals surface area (Å²) in [6, 6.07) is 15.8. The number of para-hydroxylation sites is 1. The molecule has 3 rings (SSSR count). The Hall–Kier alpha value is -2.53. The summed E-state index contributed by atoms with van der Waals surface area (Å²) in [5.41, 5.74) is 0.602. The monoisotopic (exact) mass is 358 g/mol. The Morgan fingerprint density at radius 2 is 1.48 bits per heavy atom. The van der Waals surface area contributed by atoms with Gasteiger partial charge >= 0.3 is 6.09 Å². The summed E-state index contributed by atoms with van der Waals surface area (Å²) in [6.07, 6.45) is 0.329. The highest BCUT2D eigenvalue weighted by Gasteiger charge is 2.23. The summed E-state index contributed by atoms with van der Waals surface area (Å²) in [6.45, 7) is 2.10. The van der Waals surface area contributed by atoms with E-state index in [9.17, 15) is 9.59 Å². The van der Waals surface area contributed by atoms with Gasteiger partial charge in [0.05, 0.1) is 0 Å². The fraction of sp³-hybridized carbons (Fsp3) is 0.263. The fourth-order valence-electron chi connectivity index (χ4n) is 2.73. The van der Waals surface area contributed by atoms with Gasteiger partial charge in [-0.15, -0.1) is 0 Å². The minimum Gasteiger partial charge on any atom is -0.410 e. The average Bonchev–Trinajstić information content (AvgIpc) is 2.89. The average molecular weight is 359 g/mol. The van der Waals surface area contributed by atoms with Crippen molar-refractivity contribution in [2.45, 2.75) is 6.42 Å². The molecule has 1 saturated heterocycles. The third-order valence-electron chi connectivity index (χ3n) is 4.08. The number of carbonyl (C=O) groups excluding carboxylic acids is 2. The minimum atomic E-state index is -0.382. The van der Waals surface area contributed by atoms with E-state index in [1.165, 1.54) is 0 Å². The van der Waals surface area contributed by atoms with E-state index in [4.69, 9.17) is 16.3 Å². The Kier molecular flexibility index (Phi) is 5.56. The second kappa shape index (κ2) is 8.03. The van der Waals surface area contributed by atoms with Gasteiger partial charge in [-0.25, -0.2) is 4.79 Å². The number of hydrogen-bond donors (Lipinski definition) is 0. The van der Waals surface area contributed by atoms with Crippen LogP contribution >= 0.6 is 11.6 Å². The van der Waals surface area contributed by atoms with Gasteiger partial charge in [0.15, 0.2) is 0 Å². The summed E-state index contributed by atoms with van der Waals surface area (Å²) >= 11 is 5.87. The maximum Gasteiger partial charge on any atom is 0.415 e. The predicted molar refractivity (Wildman–Crippen MR) is 96.0 cm³/mol. The van der Waals surface area contributed by atoms with Gasteiger partial charge in [0, 0.05) is 36.8 Å². The van der Waals surface area contributed by atoms with Crippen molar-refractivity contribution in [1.82, 2.24) is 9.80 Å². The Bertz CT molecular complexity index is 734. The second-order valence-electron chi connectivity index (χ2n) is 5.82. The lowest BCUT2D eigenvalue weighted by atomic mass is 10.2. The van der Waals surface area contributed by atoms with Gasteiger partial charge in [-0.05, 0) is 42.8 Å². The van der Waals surface area contributed by atoms with Gasteiger partial charge in [-0.2, -0.15) is 0 Å². The molecule has 6 heteroatoms. The maximum absolute atomic E-state index is 12.6. The molecule has 0 unspecified atom stereocenters. The normalized spacial score (nSPS) is 14.8. The number of carbonyl (C=O) groups is 2. The molecule has 25 heavy (non-hydrogen) atoms. The first-order valence-corrected chi connectivity index (χ1v) is 8.58. The van der Waals surface area contributed by atoms with Crippen molar-refractivity contribution in [1.29, 1.82) is 0 Å². The lowest BCUT2D eigenvalue weighted by molar-refractivity contribution is 0.0760. The molecule has 0 N–H and O–H groups in total. The summed E-state index contributed by atoms with van der Waals surface area (Å²) in [5, 5.41) is 0.599. The third kappa shape index (κ3) is 4.51. The molecule has 1 fully saturated rings. The fourth-order valence-corrected chi connectivity index (χ4v) is 2.86. The number of halogens is 1.